The first kappa shape index (κ1) is 13.8. The maximum atomic E-state index is 11.9. The first-order valence-electron chi connectivity index (χ1n) is 6.21. The quantitative estimate of drug-likeness (QED) is 0.773. The van der Waals surface area contributed by atoms with Gasteiger partial charge in [-0.2, -0.15) is 0 Å². The summed E-state index contributed by atoms with van der Waals surface area (Å²) in [4.78, 5) is 13.7. The summed E-state index contributed by atoms with van der Waals surface area (Å²) in [5.74, 6) is 0.251. The number of alkyl halides is 1. The van der Waals surface area contributed by atoms with Gasteiger partial charge in [0.1, 0.15) is 5.38 Å². The average Bonchev–Trinajstić information content (AvgIpc) is 2.30. The van der Waals surface area contributed by atoms with E-state index in [2.05, 4.69) is 6.92 Å². The molecule has 1 aliphatic rings. The fourth-order valence-corrected chi connectivity index (χ4v) is 2.39. The minimum Gasteiger partial charge on any atom is -0.393 e. The zero-order valence-corrected chi connectivity index (χ0v) is 10.9. The first-order chi connectivity index (χ1) is 7.60. The zero-order valence-electron chi connectivity index (χ0n) is 10.2. The summed E-state index contributed by atoms with van der Waals surface area (Å²) in [6.07, 6.45) is 3.12. The molecular weight excluding hydrogens is 226 g/mol. The third-order valence-electron chi connectivity index (χ3n) is 3.29. The van der Waals surface area contributed by atoms with Crippen molar-refractivity contribution in [1.82, 2.24) is 4.90 Å². The van der Waals surface area contributed by atoms with Gasteiger partial charge >= 0.3 is 0 Å². The molecule has 0 aromatic heterocycles. The maximum absolute atomic E-state index is 11.9. The second-order valence-electron chi connectivity index (χ2n) is 4.56. The number of amides is 1. The van der Waals surface area contributed by atoms with Crippen LogP contribution in [0.1, 0.15) is 39.5 Å². The molecule has 1 aliphatic heterocycles. The average molecular weight is 248 g/mol. The fraction of sp³-hybridized carbons (Fsp3) is 0.917. The highest BCUT2D eigenvalue weighted by atomic mass is 35.5. The molecule has 4 heteroatoms. The monoisotopic (exact) mass is 247 g/mol. The molecule has 16 heavy (non-hydrogen) atoms. The molecule has 0 aromatic carbocycles. The Bertz CT molecular complexity index is 235. The Hall–Kier alpha value is -0.280. The van der Waals surface area contributed by atoms with E-state index in [9.17, 15) is 9.90 Å². The van der Waals surface area contributed by atoms with Gasteiger partial charge in [-0.05, 0) is 19.3 Å². The van der Waals surface area contributed by atoms with Crippen LogP contribution < -0.4 is 0 Å². The van der Waals surface area contributed by atoms with E-state index in [1.54, 1.807) is 0 Å². The number of hydrogen-bond donors (Lipinski definition) is 1. The number of nitrogens with zero attached hydrogens (tertiary/aromatic N) is 1. The molecule has 1 heterocycles. The van der Waals surface area contributed by atoms with Crippen LogP contribution in [0.4, 0.5) is 0 Å². The van der Waals surface area contributed by atoms with Crippen LogP contribution >= 0.6 is 11.6 Å². The molecule has 0 aliphatic carbocycles. The molecule has 0 bridgehead atoms. The Morgan fingerprint density at radius 3 is 2.81 bits per heavy atom. The van der Waals surface area contributed by atoms with Crippen LogP contribution in [0.5, 0.6) is 0 Å². The third kappa shape index (κ3) is 3.36. The van der Waals surface area contributed by atoms with Gasteiger partial charge in [-0.25, -0.2) is 0 Å². The first-order valence-corrected chi connectivity index (χ1v) is 6.64. The minimum atomic E-state index is -0.405. The van der Waals surface area contributed by atoms with Crippen molar-refractivity contribution in [2.75, 3.05) is 13.1 Å². The van der Waals surface area contributed by atoms with Gasteiger partial charge in [0, 0.05) is 19.0 Å². The van der Waals surface area contributed by atoms with Crippen molar-refractivity contribution in [3.63, 3.8) is 0 Å². The Kier molecular flexibility index (Phi) is 5.56. The van der Waals surface area contributed by atoms with Gasteiger partial charge < -0.3 is 10.0 Å². The highest BCUT2D eigenvalue weighted by Crippen LogP contribution is 2.23. The summed E-state index contributed by atoms with van der Waals surface area (Å²) in [5.41, 5.74) is 0. The SMILES string of the molecule is CCC[C@@H]1CN(C(=O)[C@@H](Cl)CC)CC[C@H]1O. The van der Waals surface area contributed by atoms with Crippen molar-refractivity contribution < 1.29 is 9.90 Å². The number of carbonyl (C=O) groups is 1. The summed E-state index contributed by atoms with van der Waals surface area (Å²) < 4.78 is 0. The van der Waals surface area contributed by atoms with Gasteiger partial charge in [0.25, 0.3) is 0 Å². The molecule has 3 nitrogen and oxygen atoms in total. The Balaban J connectivity index is 2.54. The van der Waals surface area contributed by atoms with Crippen LogP contribution in [0, 0.1) is 5.92 Å². The zero-order chi connectivity index (χ0) is 12.1. The number of aliphatic hydroxyl groups is 1. The molecule has 1 saturated heterocycles. The molecule has 1 amide bonds. The highest BCUT2D eigenvalue weighted by Gasteiger charge is 2.31. The third-order valence-corrected chi connectivity index (χ3v) is 3.79. The van der Waals surface area contributed by atoms with Gasteiger partial charge in [0.05, 0.1) is 6.10 Å². The molecule has 0 spiro atoms. The smallest absolute Gasteiger partial charge is 0.240 e. The van der Waals surface area contributed by atoms with Crippen molar-refractivity contribution in [2.24, 2.45) is 5.92 Å². The van der Waals surface area contributed by atoms with E-state index in [0.29, 0.717) is 25.9 Å². The molecular formula is C12H22ClNO2. The van der Waals surface area contributed by atoms with Crippen LogP contribution in [-0.4, -0.2) is 40.5 Å². The van der Waals surface area contributed by atoms with Crippen LogP contribution in [0.25, 0.3) is 0 Å². The van der Waals surface area contributed by atoms with Crippen molar-refractivity contribution in [3.05, 3.63) is 0 Å². The van der Waals surface area contributed by atoms with Gasteiger partial charge in [0.15, 0.2) is 0 Å². The van der Waals surface area contributed by atoms with Gasteiger partial charge in [-0.15, -0.1) is 11.6 Å². The summed E-state index contributed by atoms with van der Waals surface area (Å²) in [6, 6.07) is 0. The maximum Gasteiger partial charge on any atom is 0.240 e. The van der Waals surface area contributed by atoms with Gasteiger partial charge in [0.2, 0.25) is 5.91 Å². The van der Waals surface area contributed by atoms with Crippen LogP contribution in [0.2, 0.25) is 0 Å². The van der Waals surface area contributed by atoms with Crippen LogP contribution in [0.3, 0.4) is 0 Å². The molecule has 3 atom stereocenters. The van der Waals surface area contributed by atoms with E-state index in [1.807, 2.05) is 11.8 Å². The van der Waals surface area contributed by atoms with E-state index in [4.69, 9.17) is 11.6 Å². The van der Waals surface area contributed by atoms with Crippen LogP contribution in [-0.2, 0) is 4.79 Å². The van der Waals surface area contributed by atoms with Crippen molar-refractivity contribution in [2.45, 2.75) is 51.0 Å². The Morgan fingerprint density at radius 1 is 1.56 bits per heavy atom. The lowest BCUT2D eigenvalue weighted by atomic mass is 9.90. The van der Waals surface area contributed by atoms with E-state index in [0.717, 1.165) is 12.8 Å². The molecule has 1 fully saturated rings. The topological polar surface area (TPSA) is 40.5 Å². The lowest BCUT2D eigenvalue weighted by Gasteiger charge is -2.37. The van der Waals surface area contributed by atoms with E-state index < -0.39 is 5.38 Å². The van der Waals surface area contributed by atoms with Crippen LogP contribution in [0.15, 0.2) is 0 Å². The summed E-state index contributed by atoms with van der Waals surface area (Å²) in [5, 5.41) is 9.42. The second-order valence-corrected chi connectivity index (χ2v) is 5.09. The molecule has 0 saturated carbocycles. The molecule has 0 unspecified atom stereocenters. The standard InChI is InChI=1S/C12H22ClNO2/c1-3-5-9-8-14(7-6-11(9)15)12(16)10(13)4-2/h9-11,15H,3-8H2,1-2H3/t9-,10+,11-/m1/s1. The largest absolute Gasteiger partial charge is 0.393 e. The number of halogens is 1. The lowest BCUT2D eigenvalue weighted by molar-refractivity contribution is -0.134. The second kappa shape index (κ2) is 6.45. The molecule has 1 N–H and O–H groups in total. The number of hydrogen-bond acceptors (Lipinski definition) is 2. The molecule has 0 radical (unpaired) electrons. The van der Waals surface area contributed by atoms with Gasteiger partial charge in [-0.1, -0.05) is 20.3 Å². The predicted octanol–water partition coefficient (Wildman–Crippen LogP) is 2.01. The van der Waals surface area contributed by atoms with E-state index >= 15 is 0 Å². The van der Waals surface area contributed by atoms with Crippen molar-refractivity contribution in [1.29, 1.82) is 0 Å². The lowest BCUT2D eigenvalue weighted by Crippen LogP contribution is -2.48. The predicted molar refractivity (Wildman–Crippen MR) is 65.5 cm³/mol. The molecule has 0 aromatic rings. The Labute approximate surface area is 103 Å². The number of carbonyl (C=O) groups excluding carboxylic acids is 1. The fourth-order valence-electron chi connectivity index (χ4n) is 2.25. The number of likely N-dealkylation sites (tertiary alicyclic amines) is 1. The summed E-state index contributed by atoms with van der Waals surface area (Å²) in [7, 11) is 0. The number of piperidine rings is 1. The number of rotatable bonds is 4. The Morgan fingerprint density at radius 2 is 2.25 bits per heavy atom. The van der Waals surface area contributed by atoms with Crippen molar-refractivity contribution >= 4 is 17.5 Å². The molecule has 94 valence electrons. The van der Waals surface area contributed by atoms with E-state index in [1.165, 1.54) is 0 Å². The molecule has 1 rings (SSSR count). The normalized spacial score (nSPS) is 27.9. The van der Waals surface area contributed by atoms with Crippen molar-refractivity contribution in [3.8, 4) is 0 Å². The van der Waals surface area contributed by atoms with E-state index in [-0.39, 0.29) is 17.9 Å². The highest BCUT2D eigenvalue weighted by molar-refractivity contribution is 6.30. The number of aliphatic hydroxyl groups excluding tert-OH is 1. The summed E-state index contributed by atoms with van der Waals surface area (Å²) in [6.45, 7) is 5.32. The summed E-state index contributed by atoms with van der Waals surface area (Å²) >= 11 is 5.96. The minimum absolute atomic E-state index is 0.0252. The van der Waals surface area contributed by atoms with Gasteiger partial charge in [-0.3, -0.25) is 4.79 Å².